The standard InChI is InChI=1S/C9H9O2/c1-7(10)8-4-3-5-9(6-8)11-2/h3-4,6H,1-2H3. The summed E-state index contributed by atoms with van der Waals surface area (Å²) >= 11 is 0. The lowest BCUT2D eigenvalue weighted by Crippen LogP contribution is -1.92. The second kappa shape index (κ2) is 3.19. The van der Waals surface area contributed by atoms with E-state index < -0.39 is 0 Å². The molecule has 0 fully saturated rings. The summed E-state index contributed by atoms with van der Waals surface area (Å²) < 4.78 is 4.90. The SMILES string of the molecule is COc1[c]ccc(C(C)=O)c1. The number of Topliss-reactive ketones (excluding diaryl/α,β-unsaturated/α-hetero) is 1. The van der Waals surface area contributed by atoms with Gasteiger partial charge in [0.1, 0.15) is 5.75 Å². The molecule has 0 atom stereocenters. The molecule has 2 nitrogen and oxygen atoms in total. The Morgan fingerprint density at radius 2 is 2.36 bits per heavy atom. The van der Waals surface area contributed by atoms with Gasteiger partial charge in [-0.15, -0.1) is 0 Å². The maximum Gasteiger partial charge on any atom is 0.159 e. The van der Waals surface area contributed by atoms with Crippen LogP contribution in [0, 0.1) is 6.07 Å². The zero-order chi connectivity index (χ0) is 8.27. The average Bonchev–Trinajstić information content (AvgIpc) is 2.05. The van der Waals surface area contributed by atoms with Crippen molar-refractivity contribution in [1.82, 2.24) is 0 Å². The zero-order valence-electron chi connectivity index (χ0n) is 6.55. The molecule has 0 N–H and O–H groups in total. The number of ketones is 1. The highest BCUT2D eigenvalue weighted by Crippen LogP contribution is 2.11. The number of ether oxygens (including phenoxy) is 1. The Morgan fingerprint density at radius 1 is 1.64 bits per heavy atom. The molecule has 0 saturated carbocycles. The monoisotopic (exact) mass is 149 g/mol. The molecule has 0 aromatic heterocycles. The first-order valence-electron chi connectivity index (χ1n) is 3.30. The van der Waals surface area contributed by atoms with Crippen molar-refractivity contribution >= 4 is 5.78 Å². The molecule has 1 rings (SSSR count). The minimum Gasteiger partial charge on any atom is -0.496 e. The fourth-order valence-corrected chi connectivity index (χ4v) is 0.781. The van der Waals surface area contributed by atoms with Gasteiger partial charge in [0.25, 0.3) is 0 Å². The summed E-state index contributed by atoms with van der Waals surface area (Å²) in [6.07, 6.45) is 0. The van der Waals surface area contributed by atoms with Crippen LogP contribution in [-0.4, -0.2) is 12.9 Å². The third-order valence-electron chi connectivity index (χ3n) is 1.40. The number of rotatable bonds is 2. The second-order valence-electron chi connectivity index (χ2n) is 2.20. The second-order valence-corrected chi connectivity index (χ2v) is 2.20. The number of hydrogen-bond acceptors (Lipinski definition) is 2. The molecule has 0 unspecified atom stereocenters. The van der Waals surface area contributed by atoms with E-state index in [1.165, 1.54) is 6.92 Å². The van der Waals surface area contributed by atoms with Crippen LogP contribution in [0.3, 0.4) is 0 Å². The molecular weight excluding hydrogens is 140 g/mol. The first kappa shape index (κ1) is 7.79. The van der Waals surface area contributed by atoms with Crippen molar-refractivity contribution in [1.29, 1.82) is 0 Å². The van der Waals surface area contributed by atoms with Crippen LogP contribution in [-0.2, 0) is 0 Å². The Balaban J connectivity index is 3.01. The molecule has 0 aliphatic heterocycles. The van der Waals surface area contributed by atoms with Crippen molar-refractivity contribution in [2.24, 2.45) is 0 Å². The van der Waals surface area contributed by atoms with Gasteiger partial charge in [0.15, 0.2) is 5.78 Å². The minimum atomic E-state index is 0.0392. The summed E-state index contributed by atoms with van der Waals surface area (Å²) in [5.41, 5.74) is 0.653. The average molecular weight is 149 g/mol. The van der Waals surface area contributed by atoms with E-state index in [2.05, 4.69) is 6.07 Å². The molecule has 0 saturated heterocycles. The minimum absolute atomic E-state index is 0.0392. The quantitative estimate of drug-likeness (QED) is 0.598. The molecule has 2 heteroatoms. The van der Waals surface area contributed by atoms with Gasteiger partial charge in [0, 0.05) is 11.6 Å². The van der Waals surface area contributed by atoms with E-state index in [-0.39, 0.29) is 5.78 Å². The van der Waals surface area contributed by atoms with Gasteiger partial charge in [0.05, 0.1) is 7.11 Å². The van der Waals surface area contributed by atoms with Crippen LogP contribution in [0.25, 0.3) is 0 Å². The van der Waals surface area contributed by atoms with E-state index in [4.69, 9.17) is 4.74 Å². The molecule has 0 bridgehead atoms. The fourth-order valence-electron chi connectivity index (χ4n) is 0.781. The third-order valence-corrected chi connectivity index (χ3v) is 1.40. The summed E-state index contributed by atoms with van der Waals surface area (Å²) in [6.45, 7) is 1.52. The Labute approximate surface area is 65.8 Å². The molecule has 0 amide bonds. The van der Waals surface area contributed by atoms with Gasteiger partial charge in [-0.25, -0.2) is 0 Å². The molecule has 0 spiro atoms. The number of carbonyl (C=O) groups is 1. The van der Waals surface area contributed by atoms with Crippen LogP contribution in [0.15, 0.2) is 18.2 Å². The van der Waals surface area contributed by atoms with Crippen molar-refractivity contribution in [3.63, 3.8) is 0 Å². The maximum atomic E-state index is 10.8. The van der Waals surface area contributed by atoms with Crippen molar-refractivity contribution in [2.75, 3.05) is 7.11 Å². The third kappa shape index (κ3) is 1.80. The number of carbonyl (C=O) groups excluding carboxylic acids is 1. The highest BCUT2D eigenvalue weighted by Gasteiger charge is 1.99. The lowest BCUT2D eigenvalue weighted by atomic mass is 10.1. The summed E-state index contributed by atoms with van der Waals surface area (Å²) in [6, 6.07) is 7.90. The van der Waals surface area contributed by atoms with Gasteiger partial charge in [-0.1, -0.05) is 6.07 Å². The van der Waals surface area contributed by atoms with Gasteiger partial charge in [-0.05, 0) is 19.1 Å². The van der Waals surface area contributed by atoms with Crippen LogP contribution < -0.4 is 4.74 Å². The fraction of sp³-hybridized carbons (Fsp3) is 0.222. The zero-order valence-corrected chi connectivity index (χ0v) is 6.55. The summed E-state index contributed by atoms with van der Waals surface area (Å²) in [5.74, 6) is 0.634. The Kier molecular flexibility index (Phi) is 2.26. The smallest absolute Gasteiger partial charge is 0.159 e. The molecule has 0 aliphatic carbocycles. The maximum absolute atomic E-state index is 10.8. The van der Waals surface area contributed by atoms with E-state index in [0.29, 0.717) is 11.3 Å². The van der Waals surface area contributed by atoms with Gasteiger partial charge in [0.2, 0.25) is 0 Å². The normalized spacial score (nSPS) is 9.27. The lowest BCUT2D eigenvalue weighted by molar-refractivity contribution is 0.101. The molecule has 0 aliphatic rings. The molecule has 0 heterocycles. The van der Waals surface area contributed by atoms with Crippen LogP contribution in [0.4, 0.5) is 0 Å². The summed E-state index contributed by atoms with van der Waals surface area (Å²) in [5, 5.41) is 0. The predicted molar refractivity (Wildman–Crippen MR) is 41.8 cm³/mol. The van der Waals surface area contributed by atoms with Crippen LogP contribution >= 0.6 is 0 Å². The van der Waals surface area contributed by atoms with Crippen molar-refractivity contribution in [2.45, 2.75) is 6.92 Å². The summed E-state index contributed by atoms with van der Waals surface area (Å²) in [7, 11) is 1.55. The van der Waals surface area contributed by atoms with E-state index in [1.807, 2.05) is 0 Å². The van der Waals surface area contributed by atoms with Gasteiger partial charge >= 0.3 is 0 Å². The van der Waals surface area contributed by atoms with Crippen LogP contribution in [0.1, 0.15) is 17.3 Å². The largest absolute Gasteiger partial charge is 0.496 e. The van der Waals surface area contributed by atoms with E-state index in [1.54, 1.807) is 25.3 Å². The van der Waals surface area contributed by atoms with Crippen molar-refractivity contribution in [3.8, 4) is 5.75 Å². The van der Waals surface area contributed by atoms with E-state index >= 15 is 0 Å². The first-order chi connectivity index (χ1) is 5.24. The molecule has 11 heavy (non-hydrogen) atoms. The number of hydrogen-bond donors (Lipinski definition) is 0. The molecule has 1 aromatic carbocycles. The topological polar surface area (TPSA) is 26.3 Å². The van der Waals surface area contributed by atoms with Crippen molar-refractivity contribution in [3.05, 3.63) is 29.8 Å². The number of benzene rings is 1. The van der Waals surface area contributed by atoms with Crippen molar-refractivity contribution < 1.29 is 9.53 Å². The van der Waals surface area contributed by atoms with Gasteiger partial charge in [-0.2, -0.15) is 0 Å². The molecular formula is C9H9O2. The number of methoxy groups -OCH3 is 1. The van der Waals surface area contributed by atoms with Crippen LogP contribution in [0.2, 0.25) is 0 Å². The Morgan fingerprint density at radius 3 is 2.91 bits per heavy atom. The first-order valence-corrected chi connectivity index (χ1v) is 3.30. The van der Waals surface area contributed by atoms with Crippen LogP contribution in [0.5, 0.6) is 5.75 Å². The molecule has 1 radical (unpaired) electrons. The molecule has 57 valence electrons. The summed E-state index contributed by atoms with van der Waals surface area (Å²) in [4.78, 5) is 10.8. The molecule has 1 aromatic rings. The van der Waals surface area contributed by atoms with E-state index in [0.717, 1.165) is 0 Å². The lowest BCUT2D eigenvalue weighted by Gasteiger charge is -1.99. The highest BCUT2D eigenvalue weighted by atomic mass is 16.5. The highest BCUT2D eigenvalue weighted by molar-refractivity contribution is 5.94. The van der Waals surface area contributed by atoms with E-state index in [9.17, 15) is 4.79 Å². The predicted octanol–water partition coefficient (Wildman–Crippen LogP) is 1.70. The van der Waals surface area contributed by atoms with Gasteiger partial charge in [-0.3, -0.25) is 4.79 Å². The Hall–Kier alpha value is -1.31. The van der Waals surface area contributed by atoms with Gasteiger partial charge < -0.3 is 4.74 Å². The Bertz CT molecular complexity index is 266.